The van der Waals surface area contributed by atoms with Crippen molar-refractivity contribution in [2.45, 2.75) is 26.0 Å². The van der Waals surface area contributed by atoms with E-state index in [-0.39, 0.29) is 25.1 Å². The Morgan fingerprint density at radius 1 is 0.958 bits per heavy atom. The van der Waals surface area contributed by atoms with Gasteiger partial charge in [-0.15, -0.1) is 0 Å². The molecule has 2 aromatic carbocycles. The van der Waals surface area contributed by atoms with E-state index in [2.05, 4.69) is 10.6 Å². The van der Waals surface area contributed by atoms with E-state index in [0.717, 1.165) is 17.5 Å². The number of alkyl carbamates (subject to hydrolysis) is 1. The summed E-state index contributed by atoms with van der Waals surface area (Å²) in [4.78, 5) is 23.4. The van der Waals surface area contributed by atoms with Crippen molar-refractivity contribution >= 4 is 12.0 Å². The summed E-state index contributed by atoms with van der Waals surface area (Å²) >= 11 is 0. The summed E-state index contributed by atoms with van der Waals surface area (Å²) in [6, 6.07) is 19.3. The van der Waals surface area contributed by atoms with E-state index in [1.54, 1.807) is 0 Å². The molecule has 0 saturated heterocycles. The quantitative estimate of drug-likeness (QED) is 0.822. The number of carbonyl (C=O) groups excluding carboxylic acids is 2. The van der Waals surface area contributed by atoms with Gasteiger partial charge in [-0.1, -0.05) is 60.7 Å². The van der Waals surface area contributed by atoms with Gasteiger partial charge in [0.25, 0.3) is 0 Å². The van der Waals surface area contributed by atoms with Gasteiger partial charge in [0, 0.05) is 6.04 Å². The highest BCUT2D eigenvalue weighted by atomic mass is 16.5. The lowest BCUT2D eigenvalue weighted by Gasteiger charge is -2.14. The van der Waals surface area contributed by atoms with Crippen molar-refractivity contribution in [2.24, 2.45) is 0 Å². The van der Waals surface area contributed by atoms with Gasteiger partial charge in [-0.25, -0.2) is 4.79 Å². The third-order valence-corrected chi connectivity index (χ3v) is 3.40. The van der Waals surface area contributed by atoms with E-state index in [1.807, 2.05) is 67.6 Å². The minimum atomic E-state index is -0.607. The fraction of sp³-hybridized carbons (Fsp3) is 0.263. The molecule has 2 rings (SSSR count). The second-order valence-electron chi connectivity index (χ2n) is 5.57. The van der Waals surface area contributed by atoms with Crippen molar-refractivity contribution in [1.82, 2.24) is 10.6 Å². The zero-order valence-electron chi connectivity index (χ0n) is 13.7. The van der Waals surface area contributed by atoms with Crippen LogP contribution in [0.15, 0.2) is 60.7 Å². The predicted molar refractivity (Wildman–Crippen MR) is 92.4 cm³/mol. The van der Waals surface area contributed by atoms with Gasteiger partial charge in [-0.2, -0.15) is 0 Å². The zero-order chi connectivity index (χ0) is 17.2. The molecule has 2 amide bonds. The third-order valence-electron chi connectivity index (χ3n) is 3.40. The minimum absolute atomic E-state index is 0.0120. The highest BCUT2D eigenvalue weighted by Crippen LogP contribution is 2.02. The smallest absolute Gasteiger partial charge is 0.407 e. The molecule has 5 nitrogen and oxygen atoms in total. The van der Waals surface area contributed by atoms with Crippen LogP contribution in [0.2, 0.25) is 0 Å². The molecule has 0 fully saturated rings. The molecule has 0 aliphatic carbocycles. The first-order valence-corrected chi connectivity index (χ1v) is 7.91. The molecular formula is C19H22N2O3. The van der Waals surface area contributed by atoms with Gasteiger partial charge in [0.2, 0.25) is 5.91 Å². The molecule has 0 aliphatic heterocycles. The maximum atomic E-state index is 11.8. The van der Waals surface area contributed by atoms with Crippen LogP contribution in [-0.4, -0.2) is 24.6 Å². The van der Waals surface area contributed by atoms with Crippen LogP contribution >= 0.6 is 0 Å². The van der Waals surface area contributed by atoms with Crippen LogP contribution in [0, 0.1) is 0 Å². The normalized spacial score (nSPS) is 11.4. The number of amides is 2. The topological polar surface area (TPSA) is 67.4 Å². The molecule has 2 aromatic rings. The minimum Gasteiger partial charge on any atom is -0.445 e. The molecule has 0 spiro atoms. The van der Waals surface area contributed by atoms with Crippen LogP contribution in [0.1, 0.15) is 18.1 Å². The van der Waals surface area contributed by atoms with E-state index in [4.69, 9.17) is 4.74 Å². The van der Waals surface area contributed by atoms with E-state index >= 15 is 0 Å². The van der Waals surface area contributed by atoms with E-state index < -0.39 is 6.09 Å². The second kappa shape index (κ2) is 9.35. The average molecular weight is 326 g/mol. The average Bonchev–Trinajstić information content (AvgIpc) is 2.60. The fourth-order valence-corrected chi connectivity index (χ4v) is 2.27. The lowest BCUT2D eigenvalue weighted by Crippen LogP contribution is -2.41. The Labute approximate surface area is 142 Å². The molecule has 0 unspecified atom stereocenters. The molecule has 0 bridgehead atoms. The number of nitrogens with one attached hydrogen (secondary N) is 2. The molecule has 126 valence electrons. The highest BCUT2D eigenvalue weighted by Gasteiger charge is 2.10. The molecule has 1 atom stereocenters. The van der Waals surface area contributed by atoms with Gasteiger partial charge >= 0.3 is 6.09 Å². The van der Waals surface area contributed by atoms with Crippen molar-refractivity contribution in [3.63, 3.8) is 0 Å². The van der Waals surface area contributed by atoms with Gasteiger partial charge in [0.15, 0.2) is 0 Å². The Morgan fingerprint density at radius 3 is 2.17 bits per heavy atom. The van der Waals surface area contributed by atoms with Crippen LogP contribution in [0.3, 0.4) is 0 Å². The Balaban J connectivity index is 1.64. The summed E-state index contributed by atoms with van der Waals surface area (Å²) < 4.78 is 5.05. The molecule has 0 saturated carbocycles. The standard InChI is InChI=1S/C19H22N2O3/c1-15(12-16-8-4-2-5-9-16)21-18(22)13-20-19(23)24-14-17-10-6-3-7-11-17/h2-11,15H,12-14H2,1H3,(H,20,23)(H,21,22)/t15-/m0/s1. The largest absolute Gasteiger partial charge is 0.445 e. The molecule has 2 N–H and O–H groups in total. The summed E-state index contributed by atoms with van der Waals surface area (Å²) in [5, 5.41) is 5.30. The molecule has 5 heteroatoms. The van der Waals surface area contributed by atoms with Crippen molar-refractivity contribution in [3.8, 4) is 0 Å². The molecule has 0 aliphatic rings. The van der Waals surface area contributed by atoms with Gasteiger partial charge in [0.05, 0.1) is 0 Å². The Morgan fingerprint density at radius 2 is 1.54 bits per heavy atom. The number of hydrogen-bond acceptors (Lipinski definition) is 3. The molecule has 0 heterocycles. The van der Waals surface area contributed by atoms with Gasteiger partial charge in [-0.3, -0.25) is 4.79 Å². The fourth-order valence-electron chi connectivity index (χ4n) is 2.27. The van der Waals surface area contributed by atoms with Gasteiger partial charge in [-0.05, 0) is 24.5 Å². The Bertz CT molecular complexity index is 644. The van der Waals surface area contributed by atoms with E-state index in [1.165, 1.54) is 0 Å². The summed E-state index contributed by atoms with van der Waals surface area (Å²) in [6.45, 7) is 2.00. The maximum absolute atomic E-state index is 11.8. The third kappa shape index (κ3) is 6.52. The van der Waals surface area contributed by atoms with Crippen molar-refractivity contribution in [2.75, 3.05) is 6.54 Å². The highest BCUT2D eigenvalue weighted by molar-refractivity contribution is 5.82. The number of hydrogen-bond donors (Lipinski definition) is 2. The lowest BCUT2D eigenvalue weighted by molar-refractivity contribution is -0.120. The first kappa shape index (κ1) is 17.5. The number of carbonyl (C=O) groups is 2. The van der Waals surface area contributed by atoms with E-state index in [0.29, 0.717) is 0 Å². The zero-order valence-corrected chi connectivity index (χ0v) is 13.7. The number of rotatable bonds is 7. The summed E-state index contributed by atoms with van der Waals surface area (Å²) in [6.07, 6.45) is 0.134. The second-order valence-corrected chi connectivity index (χ2v) is 5.57. The van der Waals surface area contributed by atoms with Crippen LogP contribution in [0.25, 0.3) is 0 Å². The summed E-state index contributed by atoms with van der Waals surface area (Å²) in [5.41, 5.74) is 2.05. The Hall–Kier alpha value is -2.82. The van der Waals surface area contributed by atoms with Gasteiger partial charge < -0.3 is 15.4 Å². The van der Waals surface area contributed by atoms with Crippen LogP contribution in [0.5, 0.6) is 0 Å². The van der Waals surface area contributed by atoms with Crippen molar-refractivity contribution in [3.05, 3.63) is 71.8 Å². The first-order chi connectivity index (χ1) is 11.6. The van der Waals surface area contributed by atoms with Crippen molar-refractivity contribution in [1.29, 1.82) is 0 Å². The number of ether oxygens (including phenoxy) is 1. The maximum Gasteiger partial charge on any atom is 0.407 e. The Kier molecular flexibility index (Phi) is 6.83. The van der Waals surface area contributed by atoms with E-state index in [9.17, 15) is 9.59 Å². The summed E-state index contributed by atoms with van der Waals surface area (Å²) in [7, 11) is 0. The SMILES string of the molecule is C[C@@H](Cc1ccccc1)NC(=O)CNC(=O)OCc1ccccc1. The van der Waals surface area contributed by atoms with Crippen molar-refractivity contribution < 1.29 is 14.3 Å². The summed E-state index contributed by atoms with van der Waals surface area (Å²) in [5.74, 6) is -0.241. The monoisotopic (exact) mass is 326 g/mol. The van der Waals surface area contributed by atoms with Crippen LogP contribution in [0.4, 0.5) is 4.79 Å². The number of benzene rings is 2. The van der Waals surface area contributed by atoms with Crippen LogP contribution < -0.4 is 10.6 Å². The predicted octanol–water partition coefficient (Wildman–Crippen LogP) is 2.66. The molecule has 0 radical (unpaired) electrons. The lowest BCUT2D eigenvalue weighted by atomic mass is 10.1. The molecule has 24 heavy (non-hydrogen) atoms. The van der Waals surface area contributed by atoms with Crippen LogP contribution in [-0.2, 0) is 22.6 Å². The molecule has 0 aromatic heterocycles. The molecular weight excluding hydrogens is 304 g/mol. The first-order valence-electron chi connectivity index (χ1n) is 7.91. The van der Waals surface area contributed by atoms with Gasteiger partial charge in [0.1, 0.15) is 13.2 Å².